The van der Waals surface area contributed by atoms with Crippen LogP contribution in [0.3, 0.4) is 0 Å². The molecule has 0 spiro atoms. The smallest absolute Gasteiger partial charge is 0.140 e. The molecule has 0 saturated heterocycles. The molecule has 0 atom stereocenters. The molecule has 1 aliphatic rings. The van der Waals surface area contributed by atoms with Gasteiger partial charge in [-0.05, 0) is 85.3 Å². The van der Waals surface area contributed by atoms with E-state index in [0.717, 1.165) is 22.4 Å². The molecule has 2 heteroatoms. The zero-order valence-corrected chi connectivity index (χ0v) is 19.9. The van der Waals surface area contributed by atoms with E-state index in [1.54, 1.807) is 0 Å². The van der Waals surface area contributed by atoms with Gasteiger partial charge >= 0.3 is 0 Å². The largest absolute Gasteiger partial charge is 0.327 e. The molecule has 0 bridgehead atoms. The third-order valence-corrected chi connectivity index (χ3v) is 7.73. The summed E-state index contributed by atoms with van der Waals surface area (Å²) in [6.45, 7) is 0. The van der Waals surface area contributed by atoms with Crippen LogP contribution in [0.2, 0.25) is 0 Å². The lowest BCUT2D eigenvalue weighted by Gasteiger charge is -2.11. The molecule has 2 nitrogen and oxygen atoms in total. The van der Waals surface area contributed by atoms with Gasteiger partial charge in [-0.25, -0.2) is 4.98 Å². The molecule has 1 heterocycles. The predicted molar refractivity (Wildman–Crippen MR) is 151 cm³/mol. The molecule has 0 unspecified atom stereocenters. The van der Waals surface area contributed by atoms with Gasteiger partial charge in [0.25, 0.3) is 0 Å². The zero-order chi connectivity index (χ0) is 23.8. The fourth-order valence-electron chi connectivity index (χ4n) is 6.02. The molecular formula is C34H22N2. The molecular weight excluding hydrogens is 436 g/mol. The SMILES string of the molecule is Cn1c(-c2cccc(-c3ccc4c5c(cccc35)-c3cc5ccccc5cc3-4)c2)nc2ccccc21. The van der Waals surface area contributed by atoms with Crippen LogP contribution >= 0.6 is 0 Å². The maximum atomic E-state index is 4.93. The summed E-state index contributed by atoms with van der Waals surface area (Å²) in [5, 5.41) is 5.23. The van der Waals surface area contributed by atoms with E-state index in [1.165, 1.54) is 54.9 Å². The van der Waals surface area contributed by atoms with Crippen molar-refractivity contribution in [2.75, 3.05) is 0 Å². The van der Waals surface area contributed by atoms with Crippen molar-refractivity contribution in [1.82, 2.24) is 9.55 Å². The fourth-order valence-corrected chi connectivity index (χ4v) is 6.02. The number of hydrogen-bond acceptors (Lipinski definition) is 1. The van der Waals surface area contributed by atoms with Crippen molar-refractivity contribution in [3.8, 4) is 44.8 Å². The Hall–Kier alpha value is -4.69. The molecule has 6 aromatic carbocycles. The van der Waals surface area contributed by atoms with Gasteiger partial charge in [0.15, 0.2) is 0 Å². The second-order valence-electron chi connectivity index (χ2n) is 9.70. The highest BCUT2D eigenvalue weighted by molar-refractivity contribution is 6.20. The highest BCUT2D eigenvalue weighted by Crippen LogP contribution is 2.50. The molecule has 0 saturated carbocycles. The third-order valence-electron chi connectivity index (χ3n) is 7.73. The molecule has 168 valence electrons. The monoisotopic (exact) mass is 458 g/mol. The number of aromatic nitrogens is 2. The van der Waals surface area contributed by atoms with E-state index in [-0.39, 0.29) is 0 Å². The summed E-state index contributed by atoms with van der Waals surface area (Å²) in [5.41, 5.74) is 11.1. The van der Waals surface area contributed by atoms with Crippen LogP contribution in [-0.4, -0.2) is 9.55 Å². The predicted octanol–water partition coefficient (Wildman–Crippen LogP) is 8.86. The molecule has 0 aliphatic heterocycles. The van der Waals surface area contributed by atoms with Crippen molar-refractivity contribution < 1.29 is 0 Å². The molecule has 8 rings (SSSR count). The molecule has 1 aromatic heterocycles. The Morgan fingerprint density at radius 2 is 1.19 bits per heavy atom. The van der Waals surface area contributed by atoms with E-state index in [4.69, 9.17) is 4.98 Å². The zero-order valence-electron chi connectivity index (χ0n) is 19.9. The van der Waals surface area contributed by atoms with Gasteiger partial charge < -0.3 is 4.57 Å². The number of rotatable bonds is 2. The average Bonchev–Trinajstić information content (AvgIpc) is 3.43. The van der Waals surface area contributed by atoms with Crippen LogP contribution in [0.25, 0.3) is 77.3 Å². The lowest BCUT2D eigenvalue weighted by atomic mass is 9.93. The fraction of sp³-hybridized carbons (Fsp3) is 0.0294. The topological polar surface area (TPSA) is 17.8 Å². The van der Waals surface area contributed by atoms with Crippen molar-refractivity contribution in [2.45, 2.75) is 0 Å². The Morgan fingerprint density at radius 1 is 0.528 bits per heavy atom. The minimum Gasteiger partial charge on any atom is -0.327 e. The molecule has 0 N–H and O–H groups in total. The second kappa shape index (κ2) is 7.16. The van der Waals surface area contributed by atoms with Gasteiger partial charge in [-0.1, -0.05) is 84.9 Å². The number of para-hydroxylation sites is 2. The summed E-state index contributed by atoms with van der Waals surface area (Å²) >= 11 is 0. The van der Waals surface area contributed by atoms with Gasteiger partial charge in [0.2, 0.25) is 0 Å². The first-order valence-electron chi connectivity index (χ1n) is 12.4. The quantitative estimate of drug-likeness (QED) is 0.253. The number of fused-ring (bicyclic) bond motifs is 5. The van der Waals surface area contributed by atoms with E-state index in [1.807, 2.05) is 6.07 Å². The van der Waals surface area contributed by atoms with E-state index in [9.17, 15) is 0 Å². The molecule has 1 aliphatic carbocycles. The highest BCUT2D eigenvalue weighted by Gasteiger charge is 2.23. The van der Waals surface area contributed by atoms with Crippen LogP contribution in [0.4, 0.5) is 0 Å². The lowest BCUT2D eigenvalue weighted by molar-refractivity contribution is 0.959. The van der Waals surface area contributed by atoms with Crippen LogP contribution in [0.15, 0.2) is 115 Å². The summed E-state index contributed by atoms with van der Waals surface area (Å²) < 4.78 is 2.18. The Morgan fingerprint density at radius 3 is 2.00 bits per heavy atom. The maximum Gasteiger partial charge on any atom is 0.140 e. The normalized spacial score (nSPS) is 12.0. The van der Waals surface area contributed by atoms with Gasteiger partial charge in [0, 0.05) is 12.6 Å². The van der Waals surface area contributed by atoms with Gasteiger partial charge in [0.05, 0.1) is 11.0 Å². The van der Waals surface area contributed by atoms with Gasteiger partial charge in [-0.15, -0.1) is 0 Å². The first-order chi connectivity index (χ1) is 17.8. The Labute approximate surface area is 209 Å². The average molecular weight is 459 g/mol. The molecule has 0 radical (unpaired) electrons. The van der Waals surface area contributed by atoms with Crippen molar-refractivity contribution in [2.24, 2.45) is 7.05 Å². The summed E-state index contributed by atoms with van der Waals surface area (Å²) in [4.78, 5) is 4.93. The highest BCUT2D eigenvalue weighted by atomic mass is 15.1. The van der Waals surface area contributed by atoms with Crippen LogP contribution in [0, 0.1) is 0 Å². The number of benzene rings is 6. The molecule has 0 amide bonds. The molecule has 7 aromatic rings. The number of aryl methyl sites for hydroxylation is 1. The van der Waals surface area contributed by atoms with Gasteiger partial charge in [0.1, 0.15) is 5.82 Å². The van der Waals surface area contributed by atoms with Gasteiger partial charge in [-0.3, -0.25) is 0 Å². The summed E-state index contributed by atoms with van der Waals surface area (Å²) in [7, 11) is 2.09. The van der Waals surface area contributed by atoms with E-state index in [2.05, 4.69) is 121 Å². The summed E-state index contributed by atoms with van der Waals surface area (Å²) in [6, 6.07) is 41.8. The van der Waals surface area contributed by atoms with Crippen molar-refractivity contribution in [3.05, 3.63) is 115 Å². The molecule has 36 heavy (non-hydrogen) atoms. The van der Waals surface area contributed by atoms with Crippen LogP contribution in [-0.2, 0) is 7.05 Å². The Balaban J connectivity index is 1.33. The first-order valence-corrected chi connectivity index (χ1v) is 12.4. The third kappa shape index (κ3) is 2.64. The van der Waals surface area contributed by atoms with Crippen LogP contribution in [0.5, 0.6) is 0 Å². The maximum absolute atomic E-state index is 4.93. The molecule has 0 fully saturated rings. The summed E-state index contributed by atoms with van der Waals surface area (Å²) in [6.07, 6.45) is 0. The van der Waals surface area contributed by atoms with Crippen molar-refractivity contribution in [3.63, 3.8) is 0 Å². The second-order valence-corrected chi connectivity index (χ2v) is 9.70. The standard InChI is InChI=1S/C34H22N2/c1-36-32-15-5-4-14-31(32)35-34(36)24-11-6-10-23(18-24)25-16-17-28-30-20-22-9-3-2-8-21(22)19-29(30)27-13-7-12-26(25)33(27)28/h2-20H,1H3. The minimum absolute atomic E-state index is 0.989. The van der Waals surface area contributed by atoms with Crippen LogP contribution in [0.1, 0.15) is 0 Å². The van der Waals surface area contributed by atoms with Crippen LogP contribution < -0.4 is 0 Å². The number of nitrogens with zero attached hydrogens (tertiary/aromatic N) is 2. The van der Waals surface area contributed by atoms with E-state index < -0.39 is 0 Å². The van der Waals surface area contributed by atoms with E-state index in [0.29, 0.717) is 0 Å². The van der Waals surface area contributed by atoms with Crippen molar-refractivity contribution in [1.29, 1.82) is 0 Å². The minimum atomic E-state index is 0.989. The number of imidazole rings is 1. The Bertz CT molecular complexity index is 1960. The van der Waals surface area contributed by atoms with E-state index >= 15 is 0 Å². The number of hydrogen-bond donors (Lipinski definition) is 0. The van der Waals surface area contributed by atoms with Gasteiger partial charge in [-0.2, -0.15) is 0 Å². The Kier molecular flexibility index (Phi) is 3.90. The lowest BCUT2D eigenvalue weighted by Crippen LogP contribution is -1.93. The van der Waals surface area contributed by atoms with Crippen molar-refractivity contribution >= 4 is 32.6 Å². The summed E-state index contributed by atoms with van der Waals surface area (Å²) in [5.74, 6) is 0.989. The first kappa shape index (κ1) is 19.6.